The summed E-state index contributed by atoms with van der Waals surface area (Å²) >= 11 is 0. The van der Waals surface area contributed by atoms with E-state index < -0.39 is 0 Å². The number of benzene rings is 1. The Balaban J connectivity index is 2.34. The summed E-state index contributed by atoms with van der Waals surface area (Å²) in [5.74, 6) is 0.294. The van der Waals surface area contributed by atoms with Gasteiger partial charge in [-0.25, -0.2) is 4.39 Å². The van der Waals surface area contributed by atoms with Gasteiger partial charge in [-0.1, -0.05) is 19.4 Å². The fourth-order valence-corrected chi connectivity index (χ4v) is 1.79. The van der Waals surface area contributed by atoms with Gasteiger partial charge in [-0.15, -0.1) is 0 Å². The summed E-state index contributed by atoms with van der Waals surface area (Å²) in [4.78, 5) is 0. The number of nitrogens with one attached hydrogen (secondary N) is 1. The first kappa shape index (κ1) is 15.9. The molecule has 0 spiro atoms. The minimum Gasteiger partial charge on any atom is -0.497 e. The Hall–Kier alpha value is -1.13. The van der Waals surface area contributed by atoms with Gasteiger partial charge < -0.3 is 14.8 Å². The van der Waals surface area contributed by atoms with Gasteiger partial charge in [-0.05, 0) is 19.4 Å². The van der Waals surface area contributed by atoms with E-state index in [0.29, 0.717) is 17.9 Å². The minimum absolute atomic E-state index is 0.0410. The summed E-state index contributed by atoms with van der Waals surface area (Å²) in [5.41, 5.74) is 0.648. The van der Waals surface area contributed by atoms with Crippen molar-refractivity contribution in [1.29, 1.82) is 0 Å². The Labute approximate surface area is 115 Å². The van der Waals surface area contributed by atoms with Crippen molar-refractivity contribution in [3.8, 4) is 5.75 Å². The first-order chi connectivity index (χ1) is 9.19. The fourth-order valence-electron chi connectivity index (χ4n) is 1.79. The van der Waals surface area contributed by atoms with E-state index >= 15 is 0 Å². The molecule has 1 unspecified atom stereocenters. The molecule has 1 atom stereocenters. The van der Waals surface area contributed by atoms with Crippen LogP contribution in [-0.4, -0.2) is 26.9 Å². The molecule has 0 bridgehead atoms. The number of hydrogen-bond donors (Lipinski definition) is 1. The number of hydrogen-bond acceptors (Lipinski definition) is 3. The molecule has 0 saturated heterocycles. The summed E-state index contributed by atoms with van der Waals surface area (Å²) in [6.07, 6.45) is 2.23. The molecule has 0 aliphatic rings. The molecule has 0 radical (unpaired) electrons. The normalized spacial score (nSPS) is 12.4. The smallest absolute Gasteiger partial charge is 0.131 e. The van der Waals surface area contributed by atoms with Crippen molar-refractivity contribution in [2.24, 2.45) is 0 Å². The van der Waals surface area contributed by atoms with E-state index in [9.17, 15) is 4.39 Å². The van der Waals surface area contributed by atoms with Gasteiger partial charge >= 0.3 is 0 Å². The van der Waals surface area contributed by atoms with Gasteiger partial charge in [0.1, 0.15) is 11.6 Å². The molecule has 0 saturated carbocycles. The molecule has 0 heterocycles. The third-order valence-electron chi connectivity index (χ3n) is 3.01. The van der Waals surface area contributed by atoms with Gasteiger partial charge in [0.05, 0.1) is 13.7 Å². The molecular formula is C15H24FNO2. The Morgan fingerprint density at radius 1 is 1.32 bits per heavy atom. The van der Waals surface area contributed by atoms with Gasteiger partial charge in [-0.3, -0.25) is 0 Å². The maximum Gasteiger partial charge on any atom is 0.131 e. The maximum atomic E-state index is 13.8. The zero-order valence-corrected chi connectivity index (χ0v) is 12.0. The van der Waals surface area contributed by atoms with E-state index in [-0.39, 0.29) is 11.9 Å². The van der Waals surface area contributed by atoms with E-state index in [2.05, 4.69) is 12.2 Å². The molecule has 108 valence electrons. The third kappa shape index (κ3) is 5.57. The SMILES string of the molecule is CCCCOCCNC(C)c1ccc(OC)cc1F. The number of unbranched alkanes of at least 4 members (excludes halogenated alkanes) is 1. The third-order valence-corrected chi connectivity index (χ3v) is 3.01. The van der Waals surface area contributed by atoms with Gasteiger partial charge in [-0.2, -0.15) is 0 Å². The van der Waals surface area contributed by atoms with Crippen LogP contribution in [0.3, 0.4) is 0 Å². The van der Waals surface area contributed by atoms with E-state index in [0.717, 1.165) is 26.0 Å². The zero-order valence-electron chi connectivity index (χ0n) is 12.0. The predicted octanol–water partition coefficient (Wildman–Crippen LogP) is 3.30. The maximum absolute atomic E-state index is 13.8. The van der Waals surface area contributed by atoms with E-state index in [4.69, 9.17) is 9.47 Å². The highest BCUT2D eigenvalue weighted by Gasteiger charge is 2.10. The van der Waals surface area contributed by atoms with Crippen LogP contribution in [0, 0.1) is 5.82 Å². The lowest BCUT2D eigenvalue weighted by Crippen LogP contribution is -2.24. The molecule has 0 fully saturated rings. The van der Waals surface area contributed by atoms with Gasteiger partial charge in [0.25, 0.3) is 0 Å². The standard InChI is InChI=1S/C15H24FNO2/c1-4-5-9-19-10-8-17-12(2)14-7-6-13(18-3)11-15(14)16/h6-7,11-12,17H,4-5,8-10H2,1-3H3. The largest absolute Gasteiger partial charge is 0.497 e. The average Bonchev–Trinajstić information content (AvgIpc) is 2.42. The van der Waals surface area contributed by atoms with Crippen LogP contribution >= 0.6 is 0 Å². The van der Waals surface area contributed by atoms with Crippen molar-refractivity contribution in [2.75, 3.05) is 26.9 Å². The van der Waals surface area contributed by atoms with Crippen LogP contribution in [0.1, 0.15) is 38.3 Å². The Morgan fingerprint density at radius 3 is 2.74 bits per heavy atom. The second-order valence-corrected chi connectivity index (χ2v) is 4.53. The highest BCUT2D eigenvalue weighted by atomic mass is 19.1. The second kappa shape index (κ2) is 8.88. The predicted molar refractivity (Wildman–Crippen MR) is 75.1 cm³/mol. The van der Waals surface area contributed by atoms with Crippen LogP contribution in [0.2, 0.25) is 0 Å². The highest BCUT2D eigenvalue weighted by molar-refractivity contribution is 5.30. The molecule has 0 aromatic heterocycles. The topological polar surface area (TPSA) is 30.5 Å². The molecule has 1 N–H and O–H groups in total. The molecule has 1 aromatic rings. The molecule has 0 amide bonds. The van der Waals surface area contributed by atoms with E-state index in [1.54, 1.807) is 12.1 Å². The first-order valence-corrected chi connectivity index (χ1v) is 6.83. The van der Waals surface area contributed by atoms with Crippen molar-refractivity contribution >= 4 is 0 Å². The monoisotopic (exact) mass is 269 g/mol. The number of ether oxygens (including phenoxy) is 2. The molecule has 4 heteroatoms. The Kier molecular flexibility index (Phi) is 7.45. The molecule has 1 rings (SSSR count). The Bertz CT molecular complexity index is 371. The van der Waals surface area contributed by atoms with Gasteiger partial charge in [0, 0.05) is 30.8 Å². The van der Waals surface area contributed by atoms with Gasteiger partial charge in [0.2, 0.25) is 0 Å². The summed E-state index contributed by atoms with van der Waals surface area (Å²) in [7, 11) is 1.53. The van der Waals surface area contributed by atoms with Crippen molar-refractivity contribution in [2.45, 2.75) is 32.7 Å². The first-order valence-electron chi connectivity index (χ1n) is 6.83. The summed E-state index contributed by atoms with van der Waals surface area (Å²) in [6, 6.07) is 4.89. The van der Waals surface area contributed by atoms with Crippen molar-refractivity contribution in [1.82, 2.24) is 5.32 Å². The lowest BCUT2D eigenvalue weighted by atomic mass is 10.1. The van der Waals surface area contributed by atoms with Gasteiger partial charge in [0.15, 0.2) is 0 Å². The molecule has 3 nitrogen and oxygen atoms in total. The highest BCUT2D eigenvalue weighted by Crippen LogP contribution is 2.21. The lowest BCUT2D eigenvalue weighted by molar-refractivity contribution is 0.131. The fraction of sp³-hybridized carbons (Fsp3) is 0.600. The van der Waals surface area contributed by atoms with Crippen LogP contribution in [0.4, 0.5) is 4.39 Å². The summed E-state index contributed by atoms with van der Waals surface area (Å²) < 4.78 is 24.2. The second-order valence-electron chi connectivity index (χ2n) is 4.53. The lowest BCUT2D eigenvalue weighted by Gasteiger charge is -2.15. The van der Waals surface area contributed by atoms with Crippen molar-refractivity contribution < 1.29 is 13.9 Å². The van der Waals surface area contributed by atoms with Crippen LogP contribution in [0.15, 0.2) is 18.2 Å². The van der Waals surface area contributed by atoms with Crippen molar-refractivity contribution in [3.05, 3.63) is 29.6 Å². The van der Waals surface area contributed by atoms with E-state index in [1.165, 1.54) is 13.2 Å². The molecule has 0 aliphatic heterocycles. The minimum atomic E-state index is -0.244. The van der Waals surface area contributed by atoms with E-state index in [1.807, 2.05) is 6.92 Å². The zero-order chi connectivity index (χ0) is 14.1. The van der Waals surface area contributed by atoms with Crippen LogP contribution < -0.4 is 10.1 Å². The Morgan fingerprint density at radius 2 is 2.11 bits per heavy atom. The number of methoxy groups -OCH3 is 1. The van der Waals surface area contributed by atoms with Crippen LogP contribution in [-0.2, 0) is 4.74 Å². The van der Waals surface area contributed by atoms with Crippen LogP contribution in [0.25, 0.3) is 0 Å². The summed E-state index contributed by atoms with van der Waals surface area (Å²) in [5, 5.41) is 3.25. The summed E-state index contributed by atoms with van der Waals surface area (Å²) in [6.45, 7) is 6.25. The molecule has 19 heavy (non-hydrogen) atoms. The molecule has 0 aliphatic carbocycles. The average molecular weight is 269 g/mol. The number of rotatable bonds is 9. The molecular weight excluding hydrogens is 245 g/mol. The van der Waals surface area contributed by atoms with Crippen LogP contribution in [0.5, 0.6) is 5.75 Å². The quantitative estimate of drug-likeness (QED) is 0.698. The molecule has 1 aromatic carbocycles. The van der Waals surface area contributed by atoms with Crippen molar-refractivity contribution in [3.63, 3.8) is 0 Å². The number of halogens is 1.